The maximum atomic E-state index is 12.7. The van der Waals surface area contributed by atoms with E-state index >= 15 is 0 Å². The van der Waals surface area contributed by atoms with Crippen LogP contribution in [0.15, 0.2) is 24.3 Å². The third-order valence-electron chi connectivity index (χ3n) is 4.93. The standard InChI is InChI=1S/C18H21N5O/c19-8-13-3-5-14(6-4-13)10-22-11-16(17(21)12-22)18(24)23-7-1-2-15(23)9-20/h3-6,15-17H,1-2,7,10-12,21H2/t15-,16+,17-/m0/s1. The fraction of sp³-hybridized carbons (Fsp3) is 0.500. The Kier molecular flexibility index (Phi) is 4.80. The Balaban J connectivity index is 1.63. The molecule has 0 unspecified atom stereocenters. The van der Waals surface area contributed by atoms with Crippen molar-refractivity contribution in [2.24, 2.45) is 11.7 Å². The van der Waals surface area contributed by atoms with Crippen LogP contribution in [0.3, 0.4) is 0 Å². The molecule has 6 heteroatoms. The highest BCUT2D eigenvalue weighted by atomic mass is 16.2. The Labute approximate surface area is 142 Å². The maximum Gasteiger partial charge on any atom is 0.229 e. The lowest BCUT2D eigenvalue weighted by molar-refractivity contribution is -0.135. The first-order chi connectivity index (χ1) is 11.6. The van der Waals surface area contributed by atoms with E-state index in [-0.39, 0.29) is 23.9 Å². The fourth-order valence-corrected chi connectivity index (χ4v) is 3.62. The van der Waals surface area contributed by atoms with Gasteiger partial charge in [0, 0.05) is 32.2 Å². The smallest absolute Gasteiger partial charge is 0.229 e. The van der Waals surface area contributed by atoms with Crippen LogP contribution in [0.5, 0.6) is 0 Å². The molecule has 0 bridgehead atoms. The number of hydrogen-bond acceptors (Lipinski definition) is 5. The summed E-state index contributed by atoms with van der Waals surface area (Å²) in [4.78, 5) is 16.6. The van der Waals surface area contributed by atoms with E-state index in [1.807, 2.05) is 12.1 Å². The lowest BCUT2D eigenvalue weighted by Crippen LogP contribution is -2.45. The highest BCUT2D eigenvalue weighted by Gasteiger charge is 2.40. The molecule has 1 amide bonds. The molecule has 2 fully saturated rings. The number of amides is 1. The molecule has 24 heavy (non-hydrogen) atoms. The van der Waals surface area contributed by atoms with Gasteiger partial charge in [-0.1, -0.05) is 12.1 Å². The minimum Gasteiger partial charge on any atom is -0.326 e. The number of carbonyl (C=O) groups is 1. The van der Waals surface area contributed by atoms with E-state index in [1.165, 1.54) is 0 Å². The summed E-state index contributed by atoms with van der Waals surface area (Å²) in [6.07, 6.45) is 1.65. The zero-order chi connectivity index (χ0) is 17.1. The average molecular weight is 323 g/mol. The Morgan fingerprint density at radius 3 is 2.67 bits per heavy atom. The highest BCUT2D eigenvalue weighted by Crippen LogP contribution is 2.25. The molecule has 124 valence electrons. The van der Waals surface area contributed by atoms with Crippen molar-refractivity contribution in [3.8, 4) is 12.1 Å². The van der Waals surface area contributed by atoms with Crippen molar-refractivity contribution < 1.29 is 4.79 Å². The lowest BCUT2D eigenvalue weighted by atomic mass is 10.0. The van der Waals surface area contributed by atoms with Crippen LogP contribution in [0, 0.1) is 28.6 Å². The average Bonchev–Trinajstić information content (AvgIpc) is 3.21. The van der Waals surface area contributed by atoms with Gasteiger partial charge in [0.1, 0.15) is 6.04 Å². The molecule has 3 atom stereocenters. The lowest BCUT2D eigenvalue weighted by Gasteiger charge is -2.24. The van der Waals surface area contributed by atoms with Gasteiger partial charge >= 0.3 is 0 Å². The normalized spacial score (nSPS) is 27.0. The topological polar surface area (TPSA) is 97.2 Å². The predicted molar refractivity (Wildman–Crippen MR) is 88.2 cm³/mol. The molecule has 2 saturated heterocycles. The number of hydrogen-bond donors (Lipinski definition) is 1. The molecule has 0 saturated carbocycles. The summed E-state index contributed by atoms with van der Waals surface area (Å²) < 4.78 is 0. The van der Waals surface area contributed by atoms with Gasteiger partial charge in [0.15, 0.2) is 0 Å². The first kappa shape index (κ1) is 16.4. The van der Waals surface area contributed by atoms with Gasteiger partial charge in [-0.05, 0) is 30.5 Å². The summed E-state index contributed by atoms with van der Waals surface area (Å²) in [5.74, 6) is -0.216. The van der Waals surface area contributed by atoms with E-state index in [0.29, 0.717) is 31.7 Å². The Morgan fingerprint density at radius 2 is 2.00 bits per heavy atom. The van der Waals surface area contributed by atoms with Crippen LogP contribution in [-0.2, 0) is 11.3 Å². The number of likely N-dealkylation sites (tertiary alicyclic amines) is 2. The van der Waals surface area contributed by atoms with Gasteiger partial charge in [-0.25, -0.2) is 0 Å². The van der Waals surface area contributed by atoms with Crippen LogP contribution in [0.4, 0.5) is 0 Å². The van der Waals surface area contributed by atoms with Gasteiger partial charge < -0.3 is 10.6 Å². The second kappa shape index (κ2) is 7.00. The van der Waals surface area contributed by atoms with Crippen molar-refractivity contribution >= 4 is 5.91 Å². The minimum absolute atomic E-state index is 0.0221. The molecule has 2 heterocycles. The third-order valence-corrected chi connectivity index (χ3v) is 4.93. The van der Waals surface area contributed by atoms with E-state index in [9.17, 15) is 10.1 Å². The van der Waals surface area contributed by atoms with Crippen molar-refractivity contribution in [3.05, 3.63) is 35.4 Å². The summed E-state index contributed by atoms with van der Waals surface area (Å²) in [6, 6.07) is 11.3. The second-order valence-corrected chi connectivity index (χ2v) is 6.59. The van der Waals surface area contributed by atoms with E-state index in [0.717, 1.165) is 18.4 Å². The molecule has 2 aliphatic rings. The molecular weight excluding hydrogens is 302 g/mol. The van der Waals surface area contributed by atoms with Crippen LogP contribution < -0.4 is 5.73 Å². The molecule has 0 radical (unpaired) electrons. The highest BCUT2D eigenvalue weighted by molar-refractivity contribution is 5.81. The van der Waals surface area contributed by atoms with Gasteiger partial charge in [-0.15, -0.1) is 0 Å². The summed E-state index contributed by atoms with van der Waals surface area (Å²) in [5, 5.41) is 18.0. The molecule has 0 spiro atoms. The van der Waals surface area contributed by atoms with Crippen molar-refractivity contribution in [2.45, 2.75) is 31.5 Å². The fourth-order valence-electron chi connectivity index (χ4n) is 3.62. The van der Waals surface area contributed by atoms with Crippen molar-refractivity contribution in [3.63, 3.8) is 0 Å². The van der Waals surface area contributed by atoms with Crippen molar-refractivity contribution in [1.29, 1.82) is 10.5 Å². The Morgan fingerprint density at radius 1 is 1.25 bits per heavy atom. The second-order valence-electron chi connectivity index (χ2n) is 6.59. The number of nitrogens with two attached hydrogens (primary N) is 1. The van der Waals surface area contributed by atoms with Crippen LogP contribution in [0.1, 0.15) is 24.0 Å². The molecule has 6 nitrogen and oxygen atoms in total. The van der Waals surface area contributed by atoms with Gasteiger partial charge in [-0.3, -0.25) is 9.69 Å². The van der Waals surface area contributed by atoms with Gasteiger partial charge in [0.2, 0.25) is 5.91 Å². The zero-order valence-corrected chi connectivity index (χ0v) is 13.6. The molecule has 2 N–H and O–H groups in total. The Hall–Kier alpha value is -2.41. The molecular formula is C18H21N5O. The monoisotopic (exact) mass is 323 g/mol. The van der Waals surface area contributed by atoms with E-state index in [4.69, 9.17) is 11.0 Å². The zero-order valence-electron chi connectivity index (χ0n) is 13.6. The number of rotatable bonds is 3. The quantitative estimate of drug-likeness (QED) is 0.888. The first-order valence-electron chi connectivity index (χ1n) is 8.29. The van der Waals surface area contributed by atoms with E-state index < -0.39 is 0 Å². The molecule has 1 aromatic rings. The summed E-state index contributed by atoms with van der Waals surface area (Å²) >= 11 is 0. The number of benzene rings is 1. The SMILES string of the molecule is N#Cc1ccc(CN2C[C@H](N)[C@H](C(=O)N3CCC[C@H]3C#N)C2)cc1. The summed E-state index contributed by atoms with van der Waals surface area (Å²) in [7, 11) is 0. The maximum absolute atomic E-state index is 12.7. The van der Waals surface area contributed by atoms with Crippen LogP contribution >= 0.6 is 0 Å². The molecule has 2 aliphatic heterocycles. The number of nitriles is 2. The summed E-state index contributed by atoms with van der Waals surface area (Å²) in [5.41, 5.74) is 7.95. The molecule has 0 aromatic heterocycles. The predicted octanol–water partition coefficient (Wildman–Crippen LogP) is 0.832. The third kappa shape index (κ3) is 3.26. The van der Waals surface area contributed by atoms with Crippen LogP contribution in [0.25, 0.3) is 0 Å². The summed E-state index contributed by atoms with van der Waals surface area (Å²) in [6.45, 7) is 2.66. The van der Waals surface area contributed by atoms with Crippen LogP contribution in [0.2, 0.25) is 0 Å². The van der Waals surface area contributed by atoms with E-state index in [1.54, 1.807) is 17.0 Å². The largest absolute Gasteiger partial charge is 0.326 e. The minimum atomic E-state index is -0.294. The molecule has 1 aromatic carbocycles. The first-order valence-corrected chi connectivity index (χ1v) is 8.29. The van der Waals surface area contributed by atoms with Gasteiger partial charge in [-0.2, -0.15) is 10.5 Å². The molecule has 0 aliphatic carbocycles. The van der Waals surface area contributed by atoms with E-state index in [2.05, 4.69) is 17.0 Å². The van der Waals surface area contributed by atoms with Crippen molar-refractivity contribution in [1.82, 2.24) is 9.80 Å². The van der Waals surface area contributed by atoms with Crippen LogP contribution in [-0.4, -0.2) is 47.4 Å². The Bertz CT molecular complexity index is 687. The van der Waals surface area contributed by atoms with Gasteiger partial charge in [0.05, 0.1) is 23.6 Å². The van der Waals surface area contributed by atoms with Crippen molar-refractivity contribution in [2.75, 3.05) is 19.6 Å². The number of nitrogens with zero attached hydrogens (tertiary/aromatic N) is 4. The van der Waals surface area contributed by atoms with Gasteiger partial charge in [0.25, 0.3) is 0 Å². The molecule has 3 rings (SSSR count). The number of carbonyl (C=O) groups excluding carboxylic acids is 1.